The highest BCUT2D eigenvalue weighted by molar-refractivity contribution is 8.13. The zero-order valence-corrected chi connectivity index (χ0v) is 16.2. The van der Waals surface area contributed by atoms with Crippen molar-refractivity contribution in [1.82, 2.24) is 10.2 Å². The van der Waals surface area contributed by atoms with Crippen molar-refractivity contribution >= 4 is 45.8 Å². The standard InChI is InChI=1S/C17H22ClN5OS/c1-12(2)16(24)23-9-7-22(8-10-23)15-13(18)5-4-6-14(15)21-17(25-3)20-11-19/h4-6,12H,7-10H2,1-3H3,(H,20,21). The van der Waals surface area contributed by atoms with Crippen LogP contribution in [-0.2, 0) is 4.79 Å². The van der Waals surface area contributed by atoms with E-state index in [1.807, 2.05) is 49.4 Å². The Morgan fingerprint density at radius 1 is 1.36 bits per heavy atom. The zero-order chi connectivity index (χ0) is 18.4. The van der Waals surface area contributed by atoms with E-state index in [0.717, 1.165) is 5.69 Å². The molecule has 134 valence electrons. The summed E-state index contributed by atoms with van der Waals surface area (Å²) in [6.07, 6.45) is 3.74. The van der Waals surface area contributed by atoms with Crippen molar-refractivity contribution in [2.24, 2.45) is 10.9 Å². The van der Waals surface area contributed by atoms with Gasteiger partial charge in [0.15, 0.2) is 11.4 Å². The van der Waals surface area contributed by atoms with Gasteiger partial charge in [-0.1, -0.05) is 43.3 Å². The molecule has 1 amide bonds. The molecule has 1 aromatic rings. The summed E-state index contributed by atoms with van der Waals surface area (Å²) in [6.45, 7) is 6.56. The highest BCUT2D eigenvalue weighted by Crippen LogP contribution is 2.37. The average Bonchev–Trinajstić information content (AvgIpc) is 2.61. The van der Waals surface area contributed by atoms with E-state index >= 15 is 0 Å². The van der Waals surface area contributed by atoms with Crippen LogP contribution in [0.25, 0.3) is 0 Å². The van der Waals surface area contributed by atoms with Crippen LogP contribution >= 0.6 is 23.4 Å². The fourth-order valence-electron chi connectivity index (χ4n) is 2.70. The highest BCUT2D eigenvalue weighted by atomic mass is 35.5. The van der Waals surface area contributed by atoms with E-state index < -0.39 is 0 Å². The van der Waals surface area contributed by atoms with Gasteiger partial charge in [-0.15, -0.1) is 0 Å². The van der Waals surface area contributed by atoms with Gasteiger partial charge in [-0.2, -0.15) is 5.26 Å². The third kappa shape index (κ3) is 4.80. The van der Waals surface area contributed by atoms with Crippen molar-refractivity contribution < 1.29 is 4.79 Å². The fraction of sp³-hybridized carbons (Fsp3) is 0.471. The van der Waals surface area contributed by atoms with Gasteiger partial charge in [0.25, 0.3) is 0 Å². The summed E-state index contributed by atoms with van der Waals surface area (Å²) < 4.78 is 0. The van der Waals surface area contributed by atoms with Crippen molar-refractivity contribution in [2.45, 2.75) is 13.8 Å². The molecule has 1 N–H and O–H groups in total. The highest BCUT2D eigenvalue weighted by Gasteiger charge is 2.25. The summed E-state index contributed by atoms with van der Waals surface area (Å²) in [5, 5.41) is 12.5. The van der Waals surface area contributed by atoms with Crippen LogP contribution in [0.3, 0.4) is 0 Å². The minimum absolute atomic E-state index is 0.00761. The number of hydrogen-bond donors (Lipinski definition) is 1. The van der Waals surface area contributed by atoms with E-state index in [0.29, 0.717) is 42.1 Å². The quantitative estimate of drug-likeness (QED) is 0.378. The molecule has 8 heteroatoms. The molecule has 2 rings (SSSR count). The van der Waals surface area contributed by atoms with Crippen molar-refractivity contribution in [2.75, 3.05) is 37.3 Å². The molecule has 0 aliphatic carbocycles. The van der Waals surface area contributed by atoms with Crippen LogP contribution < -0.4 is 10.2 Å². The lowest BCUT2D eigenvalue weighted by atomic mass is 10.1. The van der Waals surface area contributed by atoms with E-state index in [1.54, 1.807) is 0 Å². The Balaban J connectivity index is 2.23. The van der Waals surface area contributed by atoms with Crippen molar-refractivity contribution in [1.29, 1.82) is 5.26 Å². The van der Waals surface area contributed by atoms with Crippen LogP contribution in [0, 0.1) is 17.4 Å². The molecule has 1 fully saturated rings. The summed E-state index contributed by atoms with van der Waals surface area (Å²) in [7, 11) is 0. The molecule has 25 heavy (non-hydrogen) atoms. The van der Waals surface area contributed by atoms with E-state index in [4.69, 9.17) is 16.9 Å². The molecular weight excluding hydrogens is 358 g/mol. The number of carbonyl (C=O) groups is 1. The minimum Gasteiger partial charge on any atom is -0.365 e. The number of benzene rings is 1. The first-order valence-corrected chi connectivity index (χ1v) is 9.68. The smallest absolute Gasteiger partial charge is 0.225 e. The number of anilines is 1. The largest absolute Gasteiger partial charge is 0.365 e. The lowest BCUT2D eigenvalue weighted by Crippen LogP contribution is -2.50. The van der Waals surface area contributed by atoms with Gasteiger partial charge in [0.05, 0.1) is 16.4 Å². The number of nitriles is 1. The summed E-state index contributed by atoms with van der Waals surface area (Å²) in [4.78, 5) is 20.7. The monoisotopic (exact) mass is 379 g/mol. The number of rotatable bonds is 3. The lowest BCUT2D eigenvalue weighted by Gasteiger charge is -2.37. The second-order valence-corrected chi connectivity index (χ2v) is 7.13. The SMILES string of the molecule is CSC(=Nc1cccc(Cl)c1N1CCN(C(=O)C(C)C)CC1)NC#N. The number of hydrogen-bond acceptors (Lipinski definition) is 5. The molecule has 0 unspecified atom stereocenters. The summed E-state index contributed by atoms with van der Waals surface area (Å²) in [5.41, 5.74) is 1.55. The van der Waals surface area contributed by atoms with Crippen LogP contribution in [-0.4, -0.2) is 48.4 Å². The van der Waals surface area contributed by atoms with Crippen molar-refractivity contribution in [3.05, 3.63) is 23.2 Å². The molecule has 1 aliphatic rings. The van der Waals surface area contributed by atoms with Crippen LogP contribution in [0.15, 0.2) is 23.2 Å². The molecular formula is C17H22ClN5OS. The van der Waals surface area contributed by atoms with E-state index in [-0.39, 0.29) is 11.8 Å². The Labute approximate surface area is 157 Å². The summed E-state index contributed by atoms with van der Waals surface area (Å²) in [5.74, 6) is 0.188. The topological polar surface area (TPSA) is 71.7 Å². The van der Waals surface area contributed by atoms with Crippen molar-refractivity contribution in [3.63, 3.8) is 0 Å². The molecule has 1 heterocycles. The Kier molecular flexibility index (Phi) is 6.97. The van der Waals surface area contributed by atoms with E-state index in [1.165, 1.54) is 11.8 Å². The van der Waals surface area contributed by atoms with Gasteiger partial charge in [0, 0.05) is 32.1 Å². The minimum atomic E-state index is 0.00761. The summed E-state index contributed by atoms with van der Waals surface area (Å²) in [6, 6.07) is 5.55. The maximum absolute atomic E-state index is 12.1. The number of amidine groups is 1. The predicted octanol–water partition coefficient (Wildman–Crippen LogP) is 3.07. The molecule has 1 aliphatic heterocycles. The maximum atomic E-state index is 12.1. The average molecular weight is 380 g/mol. The van der Waals surface area contributed by atoms with Gasteiger partial charge in [-0.25, -0.2) is 4.99 Å². The number of nitrogens with zero attached hydrogens (tertiary/aromatic N) is 4. The van der Waals surface area contributed by atoms with Gasteiger partial charge in [-0.3, -0.25) is 10.1 Å². The Morgan fingerprint density at radius 3 is 2.60 bits per heavy atom. The third-order valence-electron chi connectivity index (χ3n) is 3.95. The van der Waals surface area contributed by atoms with Crippen molar-refractivity contribution in [3.8, 4) is 6.19 Å². The molecule has 0 atom stereocenters. The first kappa shape index (κ1) is 19.4. The van der Waals surface area contributed by atoms with Gasteiger partial charge in [0.2, 0.25) is 5.91 Å². The van der Waals surface area contributed by atoms with Gasteiger partial charge < -0.3 is 9.80 Å². The number of piperazine rings is 1. The molecule has 6 nitrogen and oxygen atoms in total. The van der Waals surface area contributed by atoms with Gasteiger partial charge >= 0.3 is 0 Å². The Hall–Kier alpha value is -1.91. The first-order valence-electron chi connectivity index (χ1n) is 8.08. The Morgan fingerprint density at radius 2 is 2.04 bits per heavy atom. The number of carbonyl (C=O) groups excluding carboxylic acids is 1. The number of aliphatic imine (C=N–C) groups is 1. The lowest BCUT2D eigenvalue weighted by molar-refractivity contribution is -0.134. The number of para-hydroxylation sites is 1. The van der Waals surface area contributed by atoms with Crippen LogP contribution in [0.1, 0.15) is 13.8 Å². The zero-order valence-electron chi connectivity index (χ0n) is 14.6. The second-order valence-electron chi connectivity index (χ2n) is 5.93. The Bertz CT molecular complexity index is 693. The fourth-order valence-corrected chi connectivity index (χ4v) is 3.33. The second kappa shape index (κ2) is 8.97. The molecule has 1 aromatic carbocycles. The number of halogens is 1. The maximum Gasteiger partial charge on any atom is 0.225 e. The molecule has 0 radical (unpaired) electrons. The molecule has 0 saturated carbocycles. The molecule has 0 aromatic heterocycles. The van der Waals surface area contributed by atoms with Gasteiger partial charge in [0.1, 0.15) is 0 Å². The predicted molar refractivity (Wildman–Crippen MR) is 104 cm³/mol. The van der Waals surface area contributed by atoms with Crippen LogP contribution in [0.5, 0.6) is 0 Å². The third-order valence-corrected chi connectivity index (χ3v) is 4.83. The number of amides is 1. The molecule has 1 saturated heterocycles. The van der Waals surface area contributed by atoms with E-state index in [2.05, 4.69) is 15.2 Å². The van der Waals surface area contributed by atoms with Crippen LogP contribution in [0.4, 0.5) is 11.4 Å². The normalized spacial score (nSPS) is 15.3. The van der Waals surface area contributed by atoms with Gasteiger partial charge in [-0.05, 0) is 18.4 Å². The van der Waals surface area contributed by atoms with Crippen LogP contribution in [0.2, 0.25) is 5.02 Å². The first-order chi connectivity index (χ1) is 12.0. The number of thioether (sulfide) groups is 1. The number of nitrogens with one attached hydrogen (secondary N) is 1. The molecule has 0 bridgehead atoms. The summed E-state index contributed by atoms with van der Waals surface area (Å²) >= 11 is 7.79. The van der Waals surface area contributed by atoms with E-state index in [9.17, 15) is 4.79 Å². The molecule has 0 spiro atoms.